The van der Waals surface area contributed by atoms with Crippen LogP contribution in [0.15, 0.2) is 52.0 Å². The van der Waals surface area contributed by atoms with Crippen LogP contribution in [0.1, 0.15) is 53.1 Å². The number of furan rings is 1. The first-order chi connectivity index (χ1) is 17.7. The van der Waals surface area contributed by atoms with Gasteiger partial charge in [0.15, 0.2) is 0 Å². The molecule has 6 rings (SSSR count). The molecule has 3 aliphatic rings. The molecule has 4 heterocycles. The van der Waals surface area contributed by atoms with Gasteiger partial charge in [-0.05, 0) is 66.6 Å². The highest BCUT2D eigenvalue weighted by Crippen LogP contribution is 2.36. The molecule has 1 N–H and O–H groups in total. The molecular weight excluding hydrogens is 501 g/mol. The van der Waals surface area contributed by atoms with Crippen molar-refractivity contribution in [3.05, 3.63) is 65.2 Å². The Labute approximate surface area is 212 Å². The topological polar surface area (TPSA) is 117 Å². The highest BCUT2D eigenvalue weighted by molar-refractivity contribution is 7.89. The first-order valence-corrected chi connectivity index (χ1v) is 13.6. The monoisotopic (exact) mass is 525 g/mol. The molecule has 0 spiro atoms. The second-order valence-corrected chi connectivity index (χ2v) is 11.7. The zero-order chi connectivity index (χ0) is 25.9. The van der Waals surface area contributed by atoms with Gasteiger partial charge in [-0.2, -0.15) is 4.31 Å². The van der Waals surface area contributed by atoms with Gasteiger partial charge in [-0.25, -0.2) is 12.8 Å². The van der Waals surface area contributed by atoms with Crippen molar-refractivity contribution in [1.29, 1.82) is 0 Å². The van der Waals surface area contributed by atoms with Gasteiger partial charge in [0.2, 0.25) is 21.8 Å². The number of carbonyl (C=O) groups excluding carboxylic acids is 3. The molecule has 3 aromatic rings. The van der Waals surface area contributed by atoms with E-state index in [1.54, 1.807) is 24.3 Å². The van der Waals surface area contributed by atoms with Gasteiger partial charge in [0.25, 0.3) is 5.91 Å². The minimum atomic E-state index is -3.71. The Morgan fingerprint density at radius 1 is 1.00 bits per heavy atom. The van der Waals surface area contributed by atoms with Crippen LogP contribution < -0.4 is 5.32 Å². The number of benzene rings is 2. The number of rotatable bonds is 4. The molecule has 0 radical (unpaired) electrons. The van der Waals surface area contributed by atoms with Gasteiger partial charge in [-0.1, -0.05) is 6.07 Å². The third-order valence-corrected chi connectivity index (χ3v) is 9.49. The van der Waals surface area contributed by atoms with Gasteiger partial charge in [0, 0.05) is 37.0 Å². The zero-order valence-electron chi connectivity index (χ0n) is 19.8. The molecular formula is C26H24FN3O6S. The molecule has 1 aromatic heterocycles. The Morgan fingerprint density at radius 3 is 2.54 bits per heavy atom. The normalized spacial score (nSPS) is 21.5. The van der Waals surface area contributed by atoms with Crippen LogP contribution in [0, 0.1) is 5.82 Å². The number of amides is 3. The van der Waals surface area contributed by atoms with Crippen molar-refractivity contribution in [2.45, 2.75) is 49.1 Å². The number of sulfonamides is 1. The lowest BCUT2D eigenvalue weighted by atomic mass is 9.88. The second kappa shape index (κ2) is 8.77. The molecule has 2 fully saturated rings. The van der Waals surface area contributed by atoms with Crippen LogP contribution in [0.2, 0.25) is 0 Å². The minimum absolute atomic E-state index is 0.146. The zero-order valence-corrected chi connectivity index (χ0v) is 20.6. The van der Waals surface area contributed by atoms with Crippen molar-refractivity contribution in [3.8, 4) is 0 Å². The lowest BCUT2D eigenvalue weighted by Crippen LogP contribution is -2.52. The molecule has 3 aliphatic heterocycles. The summed E-state index contributed by atoms with van der Waals surface area (Å²) in [6, 6.07) is 8.60. The lowest BCUT2D eigenvalue weighted by Gasteiger charge is -2.31. The molecule has 3 amide bonds. The molecule has 1 unspecified atom stereocenters. The Balaban J connectivity index is 1.18. The Morgan fingerprint density at radius 2 is 1.78 bits per heavy atom. The van der Waals surface area contributed by atoms with E-state index in [0.717, 1.165) is 0 Å². The summed E-state index contributed by atoms with van der Waals surface area (Å²) in [4.78, 5) is 38.3. The predicted molar refractivity (Wildman–Crippen MR) is 129 cm³/mol. The van der Waals surface area contributed by atoms with Crippen molar-refractivity contribution >= 4 is 38.7 Å². The summed E-state index contributed by atoms with van der Waals surface area (Å²) in [6.07, 6.45) is 2.77. The van der Waals surface area contributed by atoms with Gasteiger partial charge in [0.05, 0.1) is 11.2 Å². The number of piperidine rings is 2. The number of hydrogen-bond donors (Lipinski definition) is 1. The lowest BCUT2D eigenvalue weighted by molar-refractivity contribution is -0.136. The SMILES string of the molecule is O=C1CCC(N2Cc3cc(C4CCN(S(=O)(=O)c5ccc6occc6c5)CC4)c(F)cc3C2=O)C(=O)N1. The summed E-state index contributed by atoms with van der Waals surface area (Å²) >= 11 is 0. The van der Waals surface area contributed by atoms with Crippen LogP contribution in [-0.4, -0.2) is 54.5 Å². The fraction of sp³-hybridized carbons (Fsp3) is 0.346. The van der Waals surface area contributed by atoms with E-state index < -0.39 is 33.7 Å². The minimum Gasteiger partial charge on any atom is -0.464 e. The molecule has 11 heteroatoms. The van der Waals surface area contributed by atoms with Crippen molar-refractivity contribution in [3.63, 3.8) is 0 Å². The Hall–Kier alpha value is -3.57. The van der Waals surface area contributed by atoms with E-state index in [0.29, 0.717) is 34.9 Å². The molecule has 0 aliphatic carbocycles. The molecule has 192 valence electrons. The van der Waals surface area contributed by atoms with E-state index >= 15 is 4.39 Å². The summed E-state index contributed by atoms with van der Waals surface area (Å²) in [5.74, 6) is -2.02. The number of carbonyl (C=O) groups is 3. The quantitative estimate of drug-likeness (QED) is 0.524. The van der Waals surface area contributed by atoms with Crippen molar-refractivity contribution in [2.75, 3.05) is 13.1 Å². The highest BCUT2D eigenvalue weighted by atomic mass is 32.2. The molecule has 0 saturated carbocycles. The molecule has 9 nitrogen and oxygen atoms in total. The van der Waals surface area contributed by atoms with Crippen molar-refractivity contribution in [1.82, 2.24) is 14.5 Å². The van der Waals surface area contributed by atoms with Gasteiger partial charge in [-0.15, -0.1) is 0 Å². The van der Waals surface area contributed by atoms with Crippen LogP contribution >= 0.6 is 0 Å². The van der Waals surface area contributed by atoms with Gasteiger partial charge < -0.3 is 9.32 Å². The third-order valence-electron chi connectivity index (χ3n) is 7.60. The van der Waals surface area contributed by atoms with E-state index in [4.69, 9.17) is 4.42 Å². The first-order valence-electron chi connectivity index (χ1n) is 12.2. The van der Waals surface area contributed by atoms with Crippen LogP contribution in [0.4, 0.5) is 4.39 Å². The average Bonchev–Trinajstić information content (AvgIpc) is 3.48. The molecule has 2 saturated heterocycles. The molecule has 37 heavy (non-hydrogen) atoms. The predicted octanol–water partition coefficient (Wildman–Crippen LogP) is 2.90. The number of nitrogens with zero attached hydrogens (tertiary/aromatic N) is 2. The summed E-state index contributed by atoms with van der Waals surface area (Å²) in [5.41, 5.74) is 1.92. The summed E-state index contributed by atoms with van der Waals surface area (Å²) in [5, 5.41) is 2.96. The van der Waals surface area contributed by atoms with E-state index in [1.165, 1.54) is 27.6 Å². The molecule has 2 aromatic carbocycles. The fourth-order valence-electron chi connectivity index (χ4n) is 5.58. The van der Waals surface area contributed by atoms with Crippen LogP contribution in [0.5, 0.6) is 0 Å². The Kier molecular flexibility index (Phi) is 5.64. The smallest absolute Gasteiger partial charge is 0.255 e. The van der Waals surface area contributed by atoms with E-state index in [1.807, 2.05) is 0 Å². The van der Waals surface area contributed by atoms with Crippen LogP contribution in [0.3, 0.4) is 0 Å². The highest BCUT2D eigenvalue weighted by Gasteiger charge is 2.40. The largest absolute Gasteiger partial charge is 0.464 e. The van der Waals surface area contributed by atoms with Crippen LogP contribution in [0.25, 0.3) is 11.0 Å². The van der Waals surface area contributed by atoms with E-state index in [2.05, 4.69) is 5.32 Å². The maximum absolute atomic E-state index is 15.2. The van der Waals surface area contributed by atoms with Crippen LogP contribution in [-0.2, 0) is 26.2 Å². The van der Waals surface area contributed by atoms with Gasteiger partial charge in [-0.3, -0.25) is 19.7 Å². The van der Waals surface area contributed by atoms with Gasteiger partial charge >= 0.3 is 0 Å². The second-order valence-electron chi connectivity index (χ2n) is 9.73. The summed E-state index contributed by atoms with van der Waals surface area (Å²) < 4.78 is 48.3. The standard InChI is InChI=1S/C26H24FN3O6S/c27-21-13-20-17(14-30(26(20)33)22-2-4-24(31)28-25(22)32)12-19(21)15-5-8-29(9-6-15)37(34,35)18-1-3-23-16(11-18)7-10-36-23/h1,3,7,10-13,15,22H,2,4-6,8-9,14H2,(H,28,31,32). The third kappa shape index (κ3) is 4.02. The summed E-state index contributed by atoms with van der Waals surface area (Å²) in [7, 11) is -3.71. The first kappa shape index (κ1) is 23.8. The van der Waals surface area contributed by atoms with Crippen molar-refractivity contribution in [2.24, 2.45) is 0 Å². The number of imide groups is 1. The maximum atomic E-state index is 15.2. The van der Waals surface area contributed by atoms with E-state index in [9.17, 15) is 22.8 Å². The maximum Gasteiger partial charge on any atom is 0.255 e. The number of fused-ring (bicyclic) bond motifs is 2. The number of nitrogens with one attached hydrogen (secondary N) is 1. The molecule has 0 bridgehead atoms. The average molecular weight is 526 g/mol. The fourth-order valence-corrected chi connectivity index (χ4v) is 7.09. The van der Waals surface area contributed by atoms with E-state index in [-0.39, 0.29) is 54.8 Å². The molecule has 1 atom stereocenters. The Bertz CT molecular complexity index is 1560. The number of hydrogen-bond acceptors (Lipinski definition) is 6. The summed E-state index contributed by atoms with van der Waals surface area (Å²) in [6.45, 7) is 0.653. The van der Waals surface area contributed by atoms with Gasteiger partial charge in [0.1, 0.15) is 17.4 Å². The van der Waals surface area contributed by atoms with Crippen molar-refractivity contribution < 1.29 is 31.6 Å². The number of halogens is 1.